The first-order valence-corrected chi connectivity index (χ1v) is 9.94. The first kappa shape index (κ1) is 16.4. The molecule has 0 saturated heterocycles. The van der Waals surface area contributed by atoms with Crippen LogP contribution < -0.4 is 5.32 Å². The number of carbonyl (C=O) groups is 1. The second kappa shape index (κ2) is 5.73. The molecule has 0 aliphatic heterocycles. The molecule has 132 valence electrons. The van der Waals surface area contributed by atoms with Crippen molar-refractivity contribution in [2.75, 3.05) is 12.3 Å². The second-order valence-electron chi connectivity index (χ2n) is 8.28. The summed E-state index contributed by atoms with van der Waals surface area (Å²) in [4.78, 5) is 13.0. The van der Waals surface area contributed by atoms with Crippen LogP contribution in [0, 0.1) is 16.7 Å². The SMILES string of the molecule is CC[C@]12C[C@H]3C[C@@](O)(C1)C[C@@](C(=O)NCCSc1cn[nH]n1)(C3)C2. The number of amides is 1. The molecule has 6 nitrogen and oxygen atoms in total. The molecular weight excluding hydrogens is 324 g/mol. The van der Waals surface area contributed by atoms with Crippen LogP contribution in [-0.4, -0.2) is 44.3 Å². The number of carbonyl (C=O) groups excluding carboxylic acids is 1. The summed E-state index contributed by atoms with van der Waals surface area (Å²) in [5.41, 5.74) is -0.772. The van der Waals surface area contributed by atoms with Gasteiger partial charge in [-0.1, -0.05) is 13.3 Å². The van der Waals surface area contributed by atoms with Crippen molar-refractivity contribution in [2.24, 2.45) is 16.7 Å². The van der Waals surface area contributed by atoms with Crippen molar-refractivity contribution < 1.29 is 9.90 Å². The number of nitrogens with zero attached hydrogens (tertiary/aromatic N) is 2. The fourth-order valence-electron chi connectivity index (χ4n) is 6.00. The maximum atomic E-state index is 13.0. The average molecular weight is 350 g/mol. The highest BCUT2D eigenvalue weighted by atomic mass is 32.2. The van der Waals surface area contributed by atoms with Crippen molar-refractivity contribution in [3.8, 4) is 0 Å². The van der Waals surface area contributed by atoms with Gasteiger partial charge in [0, 0.05) is 12.3 Å². The van der Waals surface area contributed by atoms with Crippen LogP contribution in [-0.2, 0) is 4.79 Å². The van der Waals surface area contributed by atoms with Gasteiger partial charge >= 0.3 is 0 Å². The van der Waals surface area contributed by atoms with E-state index in [1.807, 2.05) is 0 Å². The Morgan fingerprint density at radius 2 is 2.29 bits per heavy atom. The van der Waals surface area contributed by atoms with Crippen molar-refractivity contribution in [1.82, 2.24) is 20.7 Å². The van der Waals surface area contributed by atoms with Crippen LogP contribution in [0.25, 0.3) is 0 Å². The fraction of sp³-hybridized carbons (Fsp3) is 0.824. The smallest absolute Gasteiger partial charge is 0.226 e. The Kier molecular flexibility index (Phi) is 3.91. The molecule has 4 fully saturated rings. The lowest BCUT2D eigenvalue weighted by atomic mass is 9.42. The van der Waals surface area contributed by atoms with E-state index in [0.717, 1.165) is 42.9 Å². The van der Waals surface area contributed by atoms with Gasteiger partial charge in [-0.3, -0.25) is 4.79 Å². The van der Waals surface area contributed by atoms with Gasteiger partial charge in [-0.15, -0.1) is 16.9 Å². The number of nitrogens with one attached hydrogen (secondary N) is 2. The maximum absolute atomic E-state index is 13.0. The van der Waals surface area contributed by atoms with Gasteiger partial charge < -0.3 is 10.4 Å². The van der Waals surface area contributed by atoms with Crippen molar-refractivity contribution >= 4 is 17.7 Å². The molecule has 1 heterocycles. The van der Waals surface area contributed by atoms with Crippen molar-refractivity contribution in [3.05, 3.63) is 6.20 Å². The van der Waals surface area contributed by atoms with Crippen LogP contribution >= 0.6 is 11.8 Å². The number of aromatic amines is 1. The predicted molar refractivity (Wildman–Crippen MR) is 91.4 cm³/mol. The topological polar surface area (TPSA) is 90.9 Å². The Morgan fingerprint density at radius 1 is 1.42 bits per heavy atom. The molecule has 0 radical (unpaired) electrons. The summed E-state index contributed by atoms with van der Waals surface area (Å²) in [5, 5.41) is 25.3. The first-order chi connectivity index (χ1) is 11.5. The van der Waals surface area contributed by atoms with Crippen LogP contribution in [0.15, 0.2) is 11.2 Å². The average Bonchev–Trinajstić information content (AvgIpc) is 3.02. The van der Waals surface area contributed by atoms with Gasteiger partial charge in [-0.05, 0) is 49.9 Å². The van der Waals surface area contributed by atoms with Crippen LogP contribution in [0.1, 0.15) is 51.9 Å². The van der Waals surface area contributed by atoms with Gasteiger partial charge in [0.2, 0.25) is 5.91 Å². The Balaban J connectivity index is 1.40. The van der Waals surface area contributed by atoms with Gasteiger partial charge in [0.05, 0.1) is 17.2 Å². The zero-order valence-electron chi connectivity index (χ0n) is 14.2. The summed E-state index contributed by atoms with van der Waals surface area (Å²) >= 11 is 1.58. The zero-order valence-corrected chi connectivity index (χ0v) is 15.0. The Hall–Kier alpha value is -1.08. The molecule has 4 aliphatic carbocycles. The summed E-state index contributed by atoms with van der Waals surface area (Å²) in [6.07, 6.45) is 8.31. The zero-order chi connectivity index (χ0) is 16.8. The normalized spacial score (nSPS) is 40.0. The highest BCUT2D eigenvalue weighted by molar-refractivity contribution is 7.99. The molecule has 0 unspecified atom stereocenters. The van der Waals surface area contributed by atoms with E-state index in [9.17, 15) is 9.90 Å². The molecule has 5 rings (SSSR count). The molecule has 0 spiro atoms. The Labute approximate surface area is 146 Å². The molecule has 1 amide bonds. The van der Waals surface area contributed by atoms with E-state index >= 15 is 0 Å². The minimum atomic E-state index is -0.609. The lowest BCUT2D eigenvalue weighted by Crippen LogP contribution is -2.63. The number of hydrogen-bond acceptors (Lipinski definition) is 5. The highest BCUT2D eigenvalue weighted by Gasteiger charge is 2.64. The molecule has 4 aliphatic rings. The lowest BCUT2D eigenvalue weighted by molar-refractivity contribution is -0.204. The third-order valence-corrected chi connectivity index (χ3v) is 7.32. The van der Waals surface area contributed by atoms with Crippen LogP contribution in [0.3, 0.4) is 0 Å². The number of aromatic nitrogens is 3. The van der Waals surface area contributed by atoms with Gasteiger partial charge in [-0.2, -0.15) is 10.3 Å². The van der Waals surface area contributed by atoms with E-state index in [1.54, 1.807) is 18.0 Å². The van der Waals surface area contributed by atoms with Crippen LogP contribution in [0.2, 0.25) is 0 Å². The second-order valence-corrected chi connectivity index (χ2v) is 9.39. The van der Waals surface area contributed by atoms with Crippen LogP contribution in [0.5, 0.6) is 0 Å². The third kappa shape index (κ3) is 2.75. The van der Waals surface area contributed by atoms with Crippen molar-refractivity contribution in [2.45, 2.75) is 62.5 Å². The summed E-state index contributed by atoms with van der Waals surface area (Å²) in [6, 6.07) is 0. The number of thioether (sulfide) groups is 1. The third-order valence-electron chi connectivity index (χ3n) is 6.42. The monoisotopic (exact) mass is 350 g/mol. The van der Waals surface area contributed by atoms with Gasteiger partial charge in [0.25, 0.3) is 0 Å². The largest absolute Gasteiger partial charge is 0.390 e. The van der Waals surface area contributed by atoms with E-state index in [2.05, 4.69) is 27.7 Å². The predicted octanol–water partition coefficient (Wildman–Crippen LogP) is 2.12. The first-order valence-electron chi connectivity index (χ1n) is 8.96. The number of aliphatic hydroxyl groups is 1. The van der Waals surface area contributed by atoms with Crippen molar-refractivity contribution in [1.29, 1.82) is 0 Å². The molecule has 4 saturated carbocycles. The molecule has 1 aromatic rings. The van der Waals surface area contributed by atoms with Gasteiger partial charge in [0.1, 0.15) is 5.03 Å². The number of H-pyrrole nitrogens is 1. The number of hydrogen-bond donors (Lipinski definition) is 3. The lowest BCUT2D eigenvalue weighted by Gasteiger charge is -2.64. The number of rotatable bonds is 6. The molecule has 3 N–H and O–H groups in total. The quantitative estimate of drug-likeness (QED) is 0.540. The van der Waals surface area contributed by atoms with E-state index in [4.69, 9.17) is 0 Å². The summed E-state index contributed by atoms with van der Waals surface area (Å²) < 4.78 is 0. The fourth-order valence-corrected chi connectivity index (χ4v) is 6.65. The molecule has 4 bridgehead atoms. The van der Waals surface area contributed by atoms with Crippen molar-refractivity contribution in [3.63, 3.8) is 0 Å². The molecule has 4 atom stereocenters. The van der Waals surface area contributed by atoms with Gasteiger partial charge in [0.15, 0.2) is 0 Å². The minimum Gasteiger partial charge on any atom is -0.390 e. The Morgan fingerprint density at radius 3 is 3.00 bits per heavy atom. The van der Waals surface area contributed by atoms with Crippen LogP contribution in [0.4, 0.5) is 0 Å². The molecular formula is C17H26N4O2S. The summed E-state index contributed by atoms with van der Waals surface area (Å²) in [5.74, 6) is 1.45. The van der Waals surface area contributed by atoms with E-state index in [1.165, 1.54) is 6.42 Å². The highest BCUT2D eigenvalue weighted by Crippen LogP contribution is 2.67. The van der Waals surface area contributed by atoms with E-state index < -0.39 is 5.60 Å². The summed E-state index contributed by atoms with van der Waals surface area (Å²) in [7, 11) is 0. The summed E-state index contributed by atoms with van der Waals surface area (Å²) in [6.45, 7) is 2.84. The molecule has 1 aromatic heterocycles. The van der Waals surface area contributed by atoms with E-state index in [-0.39, 0.29) is 16.7 Å². The standard InChI is InChI=1S/C17H26N4O2S/c1-2-15-5-12-6-16(9-15,11-17(23,7-12)10-15)14(22)18-3-4-24-13-8-19-21-20-13/h8,12,23H,2-7,9-11H2,1H3,(H,18,22)(H,19,20,21)/t12-,15-,16-,17-/m1/s1. The van der Waals surface area contributed by atoms with Gasteiger partial charge in [-0.25, -0.2) is 0 Å². The molecule has 7 heteroatoms. The minimum absolute atomic E-state index is 0.156. The molecule has 24 heavy (non-hydrogen) atoms. The Bertz CT molecular complexity index is 624. The molecule has 0 aromatic carbocycles. The maximum Gasteiger partial charge on any atom is 0.226 e. The van der Waals surface area contributed by atoms with E-state index in [0.29, 0.717) is 18.9 Å².